The predicted octanol–water partition coefficient (Wildman–Crippen LogP) is 3.86. The van der Waals surface area contributed by atoms with E-state index in [2.05, 4.69) is 41.4 Å². The van der Waals surface area contributed by atoms with Gasteiger partial charge in [0.25, 0.3) is 0 Å². The number of nitrogens with zero attached hydrogens (tertiary/aromatic N) is 1. The molecule has 2 aromatic rings. The molecule has 2 aliphatic heterocycles. The molecular weight excluding hydrogens is 352 g/mol. The maximum absolute atomic E-state index is 12.6. The van der Waals surface area contributed by atoms with Crippen LogP contribution < -0.4 is 14.8 Å². The zero-order valence-electron chi connectivity index (χ0n) is 16.4. The van der Waals surface area contributed by atoms with Crippen molar-refractivity contribution in [3.05, 3.63) is 59.7 Å². The molecule has 0 radical (unpaired) electrons. The Morgan fingerprint density at radius 3 is 2.57 bits per heavy atom. The predicted molar refractivity (Wildman–Crippen MR) is 109 cm³/mol. The zero-order valence-corrected chi connectivity index (χ0v) is 16.4. The van der Waals surface area contributed by atoms with E-state index in [1.165, 1.54) is 24.0 Å². The van der Waals surface area contributed by atoms with E-state index in [1.807, 2.05) is 24.3 Å². The van der Waals surface area contributed by atoms with Crippen molar-refractivity contribution < 1.29 is 14.3 Å². The Morgan fingerprint density at radius 2 is 1.79 bits per heavy atom. The molecule has 2 atom stereocenters. The molecule has 0 aliphatic carbocycles. The Bertz CT molecular complexity index is 803. The van der Waals surface area contributed by atoms with Crippen LogP contribution in [0.15, 0.2) is 48.5 Å². The normalized spacial score (nSPS) is 18.0. The highest BCUT2D eigenvalue weighted by atomic mass is 16.7. The summed E-state index contributed by atoms with van der Waals surface area (Å²) in [4.78, 5) is 15.0. The molecule has 0 saturated carbocycles. The summed E-state index contributed by atoms with van der Waals surface area (Å²) in [7, 11) is 0. The van der Waals surface area contributed by atoms with E-state index in [1.54, 1.807) is 0 Å². The number of amides is 1. The van der Waals surface area contributed by atoms with Gasteiger partial charge in [0.05, 0.1) is 6.04 Å². The fourth-order valence-corrected chi connectivity index (χ4v) is 4.09. The van der Waals surface area contributed by atoms with Gasteiger partial charge in [-0.15, -0.1) is 0 Å². The number of ether oxygens (including phenoxy) is 2. The van der Waals surface area contributed by atoms with Gasteiger partial charge in [-0.2, -0.15) is 0 Å². The van der Waals surface area contributed by atoms with E-state index in [0.29, 0.717) is 13.0 Å². The van der Waals surface area contributed by atoms with Crippen molar-refractivity contribution in [3.8, 4) is 11.5 Å². The molecule has 0 aromatic heterocycles. The molecule has 1 N–H and O–H groups in total. The van der Waals surface area contributed by atoms with Crippen LogP contribution >= 0.6 is 0 Å². The van der Waals surface area contributed by atoms with Gasteiger partial charge in [0.1, 0.15) is 0 Å². The smallest absolute Gasteiger partial charge is 0.231 e. The largest absolute Gasteiger partial charge is 0.454 e. The molecule has 2 heterocycles. The number of hydrogen-bond donors (Lipinski definition) is 1. The summed E-state index contributed by atoms with van der Waals surface area (Å²) in [6.07, 6.45) is 2.91. The molecular formula is C23H28N2O3. The molecule has 5 heteroatoms. The molecule has 5 nitrogen and oxygen atoms in total. The second-order valence-corrected chi connectivity index (χ2v) is 7.69. The highest BCUT2D eigenvalue weighted by Crippen LogP contribution is 2.36. The Hall–Kier alpha value is -2.53. The van der Waals surface area contributed by atoms with Crippen molar-refractivity contribution in [2.24, 2.45) is 0 Å². The van der Waals surface area contributed by atoms with Gasteiger partial charge in [0, 0.05) is 13.0 Å². The van der Waals surface area contributed by atoms with Crippen LogP contribution in [0.5, 0.6) is 11.5 Å². The average Bonchev–Trinajstić information content (AvgIpc) is 3.40. The number of benzene rings is 2. The molecule has 28 heavy (non-hydrogen) atoms. The number of nitrogens with one attached hydrogen (secondary N) is 1. The van der Waals surface area contributed by atoms with Crippen LogP contribution in [0.1, 0.15) is 49.3 Å². The van der Waals surface area contributed by atoms with Gasteiger partial charge in [0.2, 0.25) is 12.7 Å². The molecule has 1 fully saturated rings. The fraction of sp³-hybridized carbons (Fsp3) is 0.435. The van der Waals surface area contributed by atoms with E-state index in [9.17, 15) is 4.79 Å². The second-order valence-electron chi connectivity index (χ2n) is 7.69. The first kappa shape index (κ1) is 18.8. The summed E-state index contributed by atoms with van der Waals surface area (Å²) in [6, 6.07) is 16.5. The van der Waals surface area contributed by atoms with Crippen molar-refractivity contribution in [1.82, 2.24) is 10.2 Å². The topological polar surface area (TPSA) is 50.8 Å². The molecule has 2 unspecified atom stereocenters. The first-order valence-corrected chi connectivity index (χ1v) is 10.2. The molecule has 4 rings (SSSR count). The highest BCUT2D eigenvalue weighted by Gasteiger charge is 2.26. The van der Waals surface area contributed by atoms with Gasteiger partial charge in [-0.05, 0) is 55.1 Å². The third kappa shape index (κ3) is 4.30. The summed E-state index contributed by atoms with van der Waals surface area (Å²) in [6.45, 7) is 5.12. The SMILES string of the molecule is CC(CC(=O)NCC(c1ccc2c(c1)OCO2)N1CCCC1)c1ccccc1. The number of fused-ring (bicyclic) bond motifs is 1. The van der Waals surface area contributed by atoms with Gasteiger partial charge in [0.15, 0.2) is 11.5 Å². The third-order valence-electron chi connectivity index (χ3n) is 5.72. The van der Waals surface area contributed by atoms with Crippen molar-refractivity contribution in [2.45, 2.75) is 38.1 Å². The van der Waals surface area contributed by atoms with E-state index < -0.39 is 0 Å². The van der Waals surface area contributed by atoms with Gasteiger partial charge in [-0.1, -0.05) is 43.3 Å². The second kappa shape index (κ2) is 8.65. The number of rotatable bonds is 7. The lowest BCUT2D eigenvalue weighted by Crippen LogP contribution is -2.37. The van der Waals surface area contributed by atoms with Gasteiger partial charge >= 0.3 is 0 Å². The van der Waals surface area contributed by atoms with Crippen molar-refractivity contribution >= 4 is 5.91 Å². The quantitative estimate of drug-likeness (QED) is 0.792. The molecule has 148 valence electrons. The Morgan fingerprint density at radius 1 is 1.04 bits per heavy atom. The average molecular weight is 380 g/mol. The lowest BCUT2D eigenvalue weighted by Gasteiger charge is -2.28. The summed E-state index contributed by atoms with van der Waals surface area (Å²) < 4.78 is 11.0. The molecule has 0 spiro atoms. The van der Waals surface area contributed by atoms with Crippen molar-refractivity contribution in [3.63, 3.8) is 0 Å². The first-order valence-electron chi connectivity index (χ1n) is 10.2. The first-order chi connectivity index (χ1) is 13.7. The van der Waals surface area contributed by atoms with Crippen molar-refractivity contribution in [1.29, 1.82) is 0 Å². The number of carbonyl (C=O) groups is 1. The van der Waals surface area contributed by atoms with Crippen molar-refractivity contribution in [2.75, 3.05) is 26.4 Å². The summed E-state index contributed by atoms with van der Waals surface area (Å²) in [5, 5.41) is 3.17. The van der Waals surface area contributed by atoms with Crippen LogP contribution in [0.2, 0.25) is 0 Å². The van der Waals surface area contributed by atoms with E-state index in [-0.39, 0.29) is 24.7 Å². The fourth-order valence-electron chi connectivity index (χ4n) is 4.09. The van der Waals surface area contributed by atoms with Crippen LogP contribution in [0.3, 0.4) is 0 Å². The number of likely N-dealkylation sites (tertiary alicyclic amines) is 1. The van der Waals surface area contributed by atoms with Crippen LogP contribution in [0, 0.1) is 0 Å². The maximum Gasteiger partial charge on any atom is 0.231 e. The zero-order chi connectivity index (χ0) is 19.3. The summed E-state index contributed by atoms with van der Waals surface area (Å²) in [5.41, 5.74) is 2.37. The number of hydrogen-bond acceptors (Lipinski definition) is 4. The molecule has 2 aliphatic rings. The Balaban J connectivity index is 1.41. The third-order valence-corrected chi connectivity index (χ3v) is 5.72. The molecule has 1 amide bonds. The summed E-state index contributed by atoms with van der Waals surface area (Å²) >= 11 is 0. The minimum Gasteiger partial charge on any atom is -0.454 e. The molecule has 2 aromatic carbocycles. The van der Waals surface area contributed by atoms with Crippen LogP contribution in [0.25, 0.3) is 0 Å². The summed E-state index contributed by atoms with van der Waals surface area (Å²) in [5.74, 6) is 1.90. The lowest BCUT2D eigenvalue weighted by atomic mass is 9.97. The minimum atomic E-state index is 0.0984. The van der Waals surface area contributed by atoms with Crippen LogP contribution in [0.4, 0.5) is 0 Å². The Kier molecular flexibility index (Phi) is 5.81. The highest BCUT2D eigenvalue weighted by molar-refractivity contribution is 5.76. The van der Waals surface area contributed by atoms with Gasteiger partial charge in [-0.25, -0.2) is 0 Å². The minimum absolute atomic E-state index is 0.0984. The lowest BCUT2D eigenvalue weighted by molar-refractivity contribution is -0.121. The molecule has 1 saturated heterocycles. The monoisotopic (exact) mass is 380 g/mol. The van der Waals surface area contributed by atoms with Crippen LogP contribution in [-0.4, -0.2) is 37.2 Å². The molecule has 0 bridgehead atoms. The van der Waals surface area contributed by atoms with Gasteiger partial charge < -0.3 is 14.8 Å². The number of carbonyl (C=O) groups excluding carboxylic acids is 1. The van der Waals surface area contributed by atoms with E-state index in [0.717, 1.165) is 24.6 Å². The van der Waals surface area contributed by atoms with E-state index in [4.69, 9.17) is 9.47 Å². The van der Waals surface area contributed by atoms with E-state index >= 15 is 0 Å². The van der Waals surface area contributed by atoms with Gasteiger partial charge in [-0.3, -0.25) is 9.69 Å². The van der Waals surface area contributed by atoms with Crippen LogP contribution in [-0.2, 0) is 4.79 Å². The maximum atomic E-state index is 12.6. The Labute approximate surface area is 166 Å². The standard InChI is InChI=1S/C23H28N2O3/c1-17(18-7-3-2-4-8-18)13-23(26)24-15-20(25-11-5-6-12-25)19-9-10-21-22(14-19)28-16-27-21/h2-4,7-10,14,17,20H,5-6,11-13,15-16H2,1H3,(H,24,26).